The number of carbonyl (C=O) groups excluding carboxylic acids is 1. The first kappa shape index (κ1) is 30.4. The standard InChI is InChI=1S/C23H18O2.C21H14O2/c1-2-25-23(24)17-13-11-16(12-14-17)22-20-9-5-3-7-18(20)15-19-8-4-6-10-21(19)22;22-21(23)15-11-9-14(10-12-15)20-18-7-3-1-5-16(18)13-17-6-2-4-8-19(17)20/h3-15H,2H2,1H3;1-13H,(H,22,23). The number of aromatic carboxylic acids is 1. The molecule has 0 aliphatic rings. The van der Waals surface area contributed by atoms with Crippen LogP contribution in [0.2, 0.25) is 0 Å². The van der Waals surface area contributed by atoms with Crippen LogP contribution in [0.3, 0.4) is 0 Å². The molecular formula is C44H32O4. The maximum atomic E-state index is 11.9. The molecule has 0 bridgehead atoms. The number of benzene rings is 8. The number of fused-ring (bicyclic) bond motifs is 4. The number of rotatable bonds is 5. The Balaban J connectivity index is 0.000000152. The van der Waals surface area contributed by atoms with E-state index in [0.717, 1.165) is 16.7 Å². The van der Waals surface area contributed by atoms with E-state index in [2.05, 4.69) is 84.9 Å². The number of hydrogen-bond donors (Lipinski definition) is 1. The second-order valence-electron chi connectivity index (χ2n) is 11.6. The Kier molecular flexibility index (Phi) is 8.38. The Hall–Kier alpha value is -6.26. The van der Waals surface area contributed by atoms with Crippen LogP contribution in [-0.4, -0.2) is 23.7 Å². The topological polar surface area (TPSA) is 63.6 Å². The van der Waals surface area contributed by atoms with Crippen LogP contribution in [0.25, 0.3) is 65.3 Å². The molecule has 4 heteroatoms. The van der Waals surface area contributed by atoms with Gasteiger partial charge in [-0.05, 0) is 109 Å². The van der Waals surface area contributed by atoms with Crippen LogP contribution in [-0.2, 0) is 4.74 Å². The summed E-state index contributed by atoms with van der Waals surface area (Å²) < 4.78 is 5.08. The van der Waals surface area contributed by atoms with E-state index in [-0.39, 0.29) is 5.97 Å². The second kappa shape index (κ2) is 13.2. The number of hydrogen-bond acceptors (Lipinski definition) is 3. The number of ether oxygens (including phenoxy) is 1. The highest BCUT2D eigenvalue weighted by Gasteiger charge is 2.13. The molecule has 0 aromatic heterocycles. The van der Waals surface area contributed by atoms with E-state index >= 15 is 0 Å². The van der Waals surface area contributed by atoms with Crippen LogP contribution in [0.4, 0.5) is 0 Å². The summed E-state index contributed by atoms with van der Waals surface area (Å²) in [7, 11) is 0. The van der Waals surface area contributed by atoms with Crippen LogP contribution in [0.15, 0.2) is 158 Å². The quantitative estimate of drug-likeness (QED) is 0.153. The summed E-state index contributed by atoms with van der Waals surface area (Å²) in [6.45, 7) is 2.20. The number of carbonyl (C=O) groups is 2. The summed E-state index contributed by atoms with van der Waals surface area (Å²) in [5.74, 6) is -1.18. The minimum atomic E-state index is -0.903. The third kappa shape index (κ3) is 5.88. The molecule has 0 saturated heterocycles. The van der Waals surface area contributed by atoms with Crippen molar-refractivity contribution in [2.24, 2.45) is 0 Å². The molecule has 0 saturated carbocycles. The average molecular weight is 625 g/mol. The summed E-state index contributed by atoms with van der Waals surface area (Å²) in [4.78, 5) is 23.0. The smallest absolute Gasteiger partial charge is 0.338 e. The fraction of sp³-hybridized carbons (Fsp3) is 0.0455. The Labute approximate surface area is 278 Å². The Morgan fingerprint density at radius 2 is 0.812 bits per heavy atom. The van der Waals surface area contributed by atoms with Crippen LogP contribution >= 0.6 is 0 Å². The molecule has 0 aliphatic carbocycles. The lowest BCUT2D eigenvalue weighted by molar-refractivity contribution is 0.0526. The molecule has 4 nitrogen and oxygen atoms in total. The minimum Gasteiger partial charge on any atom is -0.478 e. The predicted molar refractivity (Wildman–Crippen MR) is 197 cm³/mol. The van der Waals surface area contributed by atoms with Gasteiger partial charge in [0.1, 0.15) is 0 Å². The van der Waals surface area contributed by atoms with Crippen LogP contribution in [0.5, 0.6) is 0 Å². The summed E-state index contributed by atoms with van der Waals surface area (Å²) in [5, 5.41) is 18.7. The van der Waals surface area contributed by atoms with Crippen molar-refractivity contribution < 1.29 is 19.4 Å². The van der Waals surface area contributed by atoms with Gasteiger partial charge in [-0.25, -0.2) is 9.59 Å². The van der Waals surface area contributed by atoms with Crippen molar-refractivity contribution in [2.75, 3.05) is 6.61 Å². The van der Waals surface area contributed by atoms with Crippen molar-refractivity contribution in [1.29, 1.82) is 0 Å². The first-order chi connectivity index (χ1) is 23.5. The summed E-state index contributed by atoms with van der Waals surface area (Å²) >= 11 is 0. The summed E-state index contributed by atoms with van der Waals surface area (Å²) in [5.41, 5.74) is 5.36. The monoisotopic (exact) mass is 624 g/mol. The molecule has 0 fully saturated rings. The molecule has 1 N–H and O–H groups in total. The maximum absolute atomic E-state index is 11.9. The van der Waals surface area contributed by atoms with E-state index in [4.69, 9.17) is 9.84 Å². The molecule has 0 spiro atoms. The minimum absolute atomic E-state index is 0.281. The first-order valence-electron chi connectivity index (χ1n) is 15.9. The lowest BCUT2D eigenvalue weighted by atomic mass is 9.92. The molecule has 0 aliphatic heterocycles. The van der Waals surface area contributed by atoms with Gasteiger partial charge in [0.25, 0.3) is 0 Å². The van der Waals surface area contributed by atoms with E-state index < -0.39 is 5.97 Å². The van der Waals surface area contributed by atoms with E-state index in [1.807, 2.05) is 67.6 Å². The molecule has 0 amide bonds. The third-order valence-corrected chi connectivity index (χ3v) is 8.65. The Bertz CT molecular complexity index is 2330. The molecule has 0 heterocycles. The molecule has 8 rings (SSSR count). The SMILES string of the molecule is CCOC(=O)c1ccc(-c2c3ccccc3cc3ccccc23)cc1.O=C(O)c1ccc(-c2c3ccccc3cc3ccccc23)cc1. The highest BCUT2D eigenvalue weighted by atomic mass is 16.5. The zero-order chi connectivity index (χ0) is 33.0. The third-order valence-electron chi connectivity index (χ3n) is 8.65. The maximum Gasteiger partial charge on any atom is 0.338 e. The molecule has 48 heavy (non-hydrogen) atoms. The molecule has 0 radical (unpaired) electrons. The molecule has 0 unspecified atom stereocenters. The van der Waals surface area contributed by atoms with Gasteiger partial charge in [0, 0.05) is 0 Å². The highest BCUT2D eigenvalue weighted by molar-refractivity contribution is 6.14. The van der Waals surface area contributed by atoms with Crippen molar-refractivity contribution in [3.63, 3.8) is 0 Å². The van der Waals surface area contributed by atoms with Gasteiger partial charge in [-0.1, -0.05) is 121 Å². The van der Waals surface area contributed by atoms with Crippen LogP contribution in [0, 0.1) is 0 Å². The summed E-state index contributed by atoms with van der Waals surface area (Å²) in [6, 6.07) is 52.6. The normalized spacial score (nSPS) is 10.9. The Morgan fingerprint density at radius 1 is 0.479 bits per heavy atom. The second-order valence-corrected chi connectivity index (χ2v) is 11.6. The van der Waals surface area contributed by atoms with Crippen LogP contribution < -0.4 is 0 Å². The molecular weight excluding hydrogens is 592 g/mol. The van der Waals surface area contributed by atoms with E-state index in [9.17, 15) is 9.59 Å². The van der Waals surface area contributed by atoms with Gasteiger partial charge in [-0.15, -0.1) is 0 Å². The number of carboxylic acids is 1. The van der Waals surface area contributed by atoms with Gasteiger partial charge in [-0.3, -0.25) is 0 Å². The fourth-order valence-electron chi connectivity index (χ4n) is 6.42. The molecule has 0 atom stereocenters. The van der Waals surface area contributed by atoms with E-state index in [1.165, 1.54) is 48.7 Å². The largest absolute Gasteiger partial charge is 0.478 e. The Morgan fingerprint density at radius 3 is 1.15 bits per heavy atom. The zero-order valence-electron chi connectivity index (χ0n) is 26.4. The van der Waals surface area contributed by atoms with Gasteiger partial charge < -0.3 is 9.84 Å². The number of carboxylic acid groups (broad SMARTS) is 1. The average Bonchev–Trinajstić information content (AvgIpc) is 3.13. The van der Waals surface area contributed by atoms with Crippen molar-refractivity contribution in [3.8, 4) is 22.3 Å². The van der Waals surface area contributed by atoms with Gasteiger partial charge in [0.15, 0.2) is 0 Å². The summed E-state index contributed by atoms with van der Waals surface area (Å²) in [6.07, 6.45) is 0. The highest BCUT2D eigenvalue weighted by Crippen LogP contribution is 2.37. The van der Waals surface area contributed by atoms with Crippen molar-refractivity contribution in [1.82, 2.24) is 0 Å². The van der Waals surface area contributed by atoms with Crippen molar-refractivity contribution in [2.45, 2.75) is 6.92 Å². The fourth-order valence-corrected chi connectivity index (χ4v) is 6.42. The lowest BCUT2D eigenvalue weighted by Crippen LogP contribution is -2.04. The van der Waals surface area contributed by atoms with Gasteiger partial charge >= 0.3 is 11.9 Å². The van der Waals surface area contributed by atoms with Gasteiger partial charge in [0.05, 0.1) is 17.7 Å². The lowest BCUT2D eigenvalue weighted by Gasteiger charge is -2.12. The first-order valence-corrected chi connectivity index (χ1v) is 15.9. The molecule has 8 aromatic rings. The van der Waals surface area contributed by atoms with Crippen molar-refractivity contribution >= 4 is 55.0 Å². The van der Waals surface area contributed by atoms with E-state index in [1.54, 1.807) is 12.1 Å². The van der Waals surface area contributed by atoms with Crippen molar-refractivity contribution in [3.05, 3.63) is 169 Å². The predicted octanol–water partition coefficient (Wildman–Crippen LogP) is 11.2. The molecule has 232 valence electrons. The van der Waals surface area contributed by atoms with Crippen LogP contribution in [0.1, 0.15) is 27.6 Å². The van der Waals surface area contributed by atoms with Gasteiger partial charge in [0.2, 0.25) is 0 Å². The molecule has 8 aromatic carbocycles. The zero-order valence-corrected chi connectivity index (χ0v) is 26.4. The number of esters is 1. The van der Waals surface area contributed by atoms with Gasteiger partial charge in [-0.2, -0.15) is 0 Å². The van der Waals surface area contributed by atoms with E-state index in [0.29, 0.717) is 17.7 Å².